The van der Waals surface area contributed by atoms with E-state index in [1.165, 1.54) is 7.11 Å². The standard InChI is InChI=1S/C11H14FN3O2/c1-6-4-13-9(11(15-6)17-2)5-14-10(16)7-3-8(7)12/h4,7-8H,3,5H2,1-2H3,(H,14,16)/t7-,8+/m1/s1. The molecular weight excluding hydrogens is 225 g/mol. The van der Waals surface area contributed by atoms with Gasteiger partial charge in [0.2, 0.25) is 11.8 Å². The van der Waals surface area contributed by atoms with Gasteiger partial charge in [0.25, 0.3) is 0 Å². The van der Waals surface area contributed by atoms with Crippen LogP contribution in [0.3, 0.4) is 0 Å². The summed E-state index contributed by atoms with van der Waals surface area (Å²) in [7, 11) is 1.49. The van der Waals surface area contributed by atoms with Crippen molar-refractivity contribution in [3.05, 3.63) is 17.6 Å². The molecule has 1 saturated carbocycles. The van der Waals surface area contributed by atoms with Gasteiger partial charge in [-0.05, 0) is 13.3 Å². The number of carbonyl (C=O) groups is 1. The van der Waals surface area contributed by atoms with Crippen molar-refractivity contribution in [1.29, 1.82) is 0 Å². The van der Waals surface area contributed by atoms with E-state index in [1.807, 2.05) is 0 Å². The molecule has 1 fully saturated rings. The molecule has 0 spiro atoms. The SMILES string of the molecule is COc1nc(C)cnc1CNC(=O)[C@@H]1C[C@@H]1F. The number of aryl methyl sites for hydroxylation is 1. The Balaban J connectivity index is 1.96. The van der Waals surface area contributed by atoms with Crippen LogP contribution < -0.4 is 10.1 Å². The van der Waals surface area contributed by atoms with Gasteiger partial charge in [0.1, 0.15) is 11.9 Å². The van der Waals surface area contributed by atoms with Gasteiger partial charge in [0, 0.05) is 6.20 Å². The van der Waals surface area contributed by atoms with E-state index in [0.717, 1.165) is 5.69 Å². The normalized spacial score (nSPS) is 22.1. The predicted molar refractivity (Wildman–Crippen MR) is 58.2 cm³/mol. The van der Waals surface area contributed by atoms with Crippen molar-refractivity contribution in [3.8, 4) is 5.88 Å². The van der Waals surface area contributed by atoms with Crippen LogP contribution in [0.5, 0.6) is 5.88 Å². The number of aromatic nitrogens is 2. The minimum absolute atomic E-state index is 0.207. The maximum absolute atomic E-state index is 12.6. The molecule has 0 saturated heterocycles. The Kier molecular flexibility index (Phi) is 3.21. The van der Waals surface area contributed by atoms with E-state index in [2.05, 4.69) is 15.3 Å². The Labute approximate surface area is 98.4 Å². The monoisotopic (exact) mass is 239 g/mol. The van der Waals surface area contributed by atoms with Gasteiger partial charge in [0.15, 0.2) is 0 Å². The fraction of sp³-hybridized carbons (Fsp3) is 0.545. The summed E-state index contributed by atoms with van der Waals surface area (Å²) in [6, 6.07) is 0. The number of nitrogens with one attached hydrogen (secondary N) is 1. The predicted octanol–water partition coefficient (Wildman–Crippen LogP) is 0.768. The van der Waals surface area contributed by atoms with Crippen molar-refractivity contribution < 1.29 is 13.9 Å². The second-order valence-corrected chi connectivity index (χ2v) is 4.04. The Morgan fingerprint density at radius 3 is 3.00 bits per heavy atom. The number of halogens is 1. The van der Waals surface area contributed by atoms with Crippen molar-refractivity contribution in [1.82, 2.24) is 15.3 Å². The summed E-state index contributed by atoms with van der Waals surface area (Å²) in [5, 5.41) is 2.62. The molecule has 0 unspecified atom stereocenters. The zero-order chi connectivity index (χ0) is 12.4. The van der Waals surface area contributed by atoms with Gasteiger partial charge in [0.05, 0.1) is 25.3 Å². The molecule has 1 aliphatic carbocycles. The third-order valence-corrected chi connectivity index (χ3v) is 2.60. The van der Waals surface area contributed by atoms with Gasteiger partial charge in [-0.15, -0.1) is 0 Å². The Bertz CT molecular complexity index is 439. The van der Waals surface area contributed by atoms with E-state index < -0.39 is 12.1 Å². The van der Waals surface area contributed by atoms with E-state index in [1.54, 1.807) is 13.1 Å². The van der Waals surface area contributed by atoms with Gasteiger partial charge in [-0.25, -0.2) is 9.37 Å². The number of hydrogen-bond acceptors (Lipinski definition) is 4. The van der Waals surface area contributed by atoms with Crippen LogP contribution in [0.2, 0.25) is 0 Å². The summed E-state index contributed by atoms with van der Waals surface area (Å²) >= 11 is 0. The molecule has 1 amide bonds. The number of amides is 1. The summed E-state index contributed by atoms with van der Waals surface area (Å²) in [6.45, 7) is 2.01. The molecule has 6 heteroatoms. The molecule has 92 valence electrons. The van der Waals surface area contributed by atoms with Crippen LogP contribution in [0.1, 0.15) is 17.8 Å². The minimum atomic E-state index is -0.985. The number of methoxy groups -OCH3 is 1. The summed E-state index contributed by atoms with van der Waals surface area (Å²) in [5.74, 6) is -0.376. The van der Waals surface area contributed by atoms with Crippen molar-refractivity contribution in [2.45, 2.75) is 26.1 Å². The summed E-state index contributed by atoms with van der Waals surface area (Å²) < 4.78 is 17.7. The average Bonchev–Trinajstić information content (AvgIpc) is 3.04. The first-order chi connectivity index (χ1) is 8.11. The zero-order valence-electron chi connectivity index (χ0n) is 9.74. The zero-order valence-corrected chi connectivity index (χ0v) is 9.74. The topological polar surface area (TPSA) is 64.1 Å². The number of alkyl halides is 1. The molecule has 0 aromatic carbocycles. The molecule has 17 heavy (non-hydrogen) atoms. The van der Waals surface area contributed by atoms with Gasteiger partial charge < -0.3 is 10.1 Å². The molecule has 1 heterocycles. The fourth-order valence-electron chi connectivity index (χ4n) is 1.50. The number of nitrogens with zero attached hydrogens (tertiary/aromatic N) is 2. The maximum atomic E-state index is 12.6. The second-order valence-electron chi connectivity index (χ2n) is 4.04. The van der Waals surface area contributed by atoms with E-state index in [4.69, 9.17) is 4.74 Å². The van der Waals surface area contributed by atoms with E-state index >= 15 is 0 Å². The summed E-state index contributed by atoms with van der Waals surface area (Å²) in [4.78, 5) is 19.7. The van der Waals surface area contributed by atoms with Crippen molar-refractivity contribution in [2.75, 3.05) is 7.11 Å². The van der Waals surface area contributed by atoms with Crippen LogP contribution in [-0.2, 0) is 11.3 Å². The second kappa shape index (κ2) is 4.65. The van der Waals surface area contributed by atoms with Crippen molar-refractivity contribution in [3.63, 3.8) is 0 Å². The molecular formula is C11H14FN3O2. The number of carbonyl (C=O) groups excluding carboxylic acids is 1. The highest BCUT2D eigenvalue weighted by molar-refractivity contribution is 5.81. The third-order valence-electron chi connectivity index (χ3n) is 2.60. The van der Waals surface area contributed by atoms with Crippen LogP contribution in [0.25, 0.3) is 0 Å². The lowest BCUT2D eigenvalue weighted by molar-refractivity contribution is -0.122. The summed E-state index contributed by atoms with van der Waals surface area (Å²) in [6.07, 6.45) is 0.933. The van der Waals surface area contributed by atoms with Gasteiger partial charge in [-0.2, -0.15) is 0 Å². The fourth-order valence-corrected chi connectivity index (χ4v) is 1.50. The Morgan fingerprint density at radius 1 is 1.71 bits per heavy atom. The lowest BCUT2D eigenvalue weighted by Gasteiger charge is -2.08. The molecule has 1 N–H and O–H groups in total. The highest BCUT2D eigenvalue weighted by atomic mass is 19.1. The number of rotatable bonds is 4. The van der Waals surface area contributed by atoms with Crippen LogP contribution in [-0.4, -0.2) is 29.2 Å². The lowest BCUT2D eigenvalue weighted by atomic mass is 10.3. The minimum Gasteiger partial charge on any atom is -0.480 e. The molecule has 1 aromatic heterocycles. The number of hydrogen-bond donors (Lipinski definition) is 1. The van der Waals surface area contributed by atoms with Crippen LogP contribution in [0, 0.1) is 12.8 Å². The summed E-state index contributed by atoms with van der Waals surface area (Å²) in [5.41, 5.74) is 1.28. The van der Waals surface area contributed by atoms with E-state index in [0.29, 0.717) is 18.0 Å². The first-order valence-corrected chi connectivity index (χ1v) is 5.40. The molecule has 5 nitrogen and oxygen atoms in total. The highest BCUT2D eigenvalue weighted by Gasteiger charge is 2.43. The molecule has 0 bridgehead atoms. The molecule has 2 rings (SSSR count). The molecule has 1 aromatic rings. The third kappa shape index (κ3) is 2.69. The first kappa shape index (κ1) is 11.8. The first-order valence-electron chi connectivity index (χ1n) is 5.40. The Hall–Kier alpha value is -1.72. The average molecular weight is 239 g/mol. The van der Waals surface area contributed by atoms with Crippen LogP contribution in [0.4, 0.5) is 4.39 Å². The lowest BCUT2D eigenvalue weighted by Crippen LogP contribution is -2.26. The van der Waals surface area contributed by atoms with E-state index in [9.17, 15) is 9.18 Å². The quantitative estimate of drug-likeness (QED) is 0.842. The molecule has 0 radical (unpaired) electrons. The highest BCUT2D eigenvalue weighted by Crippen LogP contribution is 2.33. The smallest absolute Gasteiger partial charge is 0.237 e. The van der Waals surface area contributed by atoms with Crippen LogP contribution >= 0.6 is 0 Å². The van der Waals surface area contributed by atoms with E-state index in [-0.39, 0.29) is 12.5 Å². The van der Waals surface area contributed by atoms with Crippen molar-refractivity contribution in [2.24, 2.45) is 5.92 Å². The largest absolute Gasteiger partial charge is 0.480 e. The van der Waals surface area contributed by atoms with Gasteiger partial charge >= 0.3 is 0 Å². The Morgan fingerprint density at radius 2 is 2.41 bits per heavy atom. The number of ether oxygens (including phenoxy) is 1. The van der Waals surface area contributed by atoms with Crippen molar-refractivity contribution >= 4 is 5.91 Å². The van der Waals surface area contributed by atoms with Gasteiger partial charge in [-0.1, -0.05) is 0 Å². The maximum Gasteiger partial charge on any atom is 0.237 e. The molecule has 0 aliphatic heterocycles. The van der Waals surface area contributed by atoms with Crippen LogP contribution in [0.15, 0.2) is 6.20 Å². The molecule has 2 atom stereocenters. The molecule has 1 aliphatic rings. The van der Waals surface area contributed by atoms with Gasteiger partial charge in [-0.3, -0.25) is 9.78 Å².